The first kappa shape index (κ1) is 20.4. The van der Waals surface area contributed by atoms with Crippen LogP contribution < -0.4 is 20.9 Å². The van der Waals surface area contributed by atoms with E-state index in [1.54, 1.807) is 54.7 Å². The number of anilines is 2. The van der Waals surface area contributed by atoms with E-state index >= 15 is 0 Å². The molecule has 0 aliphatic heterocycles. The smallest absolute Gasteiger partial charge is 0.323 e. The number of aromatic nitrogens is 2. The van der Waals surface area contributed by atoms with Gasteiger partial charge in [-0.2, -0.15) is 0 Å². The summed E-state index contributed by atoms with van der Waals surface area (Å²) in [6.07, 6.45) is 1.69. The van der Waals surface area contributed by atoms with Crippen LogP contribution in [0, 0.1) is 6.92 Å². The van der Waals surface area contributed by atoms with Crippen LogP contribution in [0.3, 0.4) is 0 Å². The van der Waals surface area contributed by atoms with Gasteiger partial charge in [-0.05, 0) is 61.0 Å². The zero-order valence-electron chi connectivity index (χ0n) is 16.6. The fourth-order valence-corrected chi connectivity index (χ4v) is 3.22. The Bertz CT molecular complexity index is 1300. The number of pyridine rings is 1. The zero-order valence-corrected chi connectivity index (χ0v) is 17.4. The number of rotatable bonds is 5. The van der Waals surface area contributed by atoms with Crippen molar-refractivity contribution in [3.05, 3.63) is 99.6 Å². The van der Waals surface area contributed by atoms with Crippen LogP contribution >= 0.6 is 11.6 Å². The first-order valence-corrected chi connectivity index (χ1v) is 9.90. The van der Waals surface area contributed by atoms with E-state index in [1.165, 1.54) is 10.5 Å². The molecule has 7 nitrogen and oxygen atoms in total. The molecule has 2 aromatic carbocycles. The molecule has 0 aliphatic carbocycles. The minimum Gasteiger partial charge on any atom is -0.487 e. The number of aryl methyl sites for hydroxylation is 1. The van der Waals surface area contributed by atoms with Gasteiger partial charge in [0, 0.05) is 28.7 Å². The summed E-state index contributed by atoms with van der Waals surface area (Å²) in [4.78, 5) is 28.9. The number of carbonyl (C=O) groups is 1. The Kier molecular flexibility index (Phi) is 5.86. The van der Waals surface area contributed by atoms with Gasteiger partial charge in [0.2, 0.25) is 0 Å². The zero-order chi connectivity index (χ0) is 21.8. The molecule has 0 saturated heterocycles. The minimum absolute atomic E-state index is 0.155. The van der Waals surface area contributed by atoms with Crippen molar-refractivity contribution in [3.8, 4) is 5.75 Å². The molecule has 0 bridgehead atoms. The third-order valence-electron chi connectivity index (χ3n) is 4.52. The lowest BCUT2D eigenvalue weighted by atomic mass is 10.3. The van der Waals surface area contributed by atoms with Crippen molar-refractivity contribution >= 4 is 34.7 Å². The number of amides is 2. The molecule has 8 heteroatoms. The third kappa shape index (κ3) is 5.02. The van der Waals surface area contributed by atoms with Crippen LogP contribution in [0.4, 0.5) is 16.2 Å². The minimum atomic E-state index is -0.382. The van der Waals surface area contributed by atoms with E-state index in [4.69, 9.17) is 16.3 Å². The summed E-state index contributed by atoms with van der Waals surface area (Å²) < 4.78 is 7.26. The Morgan fingerprint density at radius 3 is 2.58 bits per heavy atom. The van der Waals surface area contributed by atoms with E-state index in [0.29, 0.717) is 33.5 Å². The molecule has 2 heterocycles. The molecular formula is C23H19ClN4O3. The van der Waals surface area contributed by atoms with Crippen molar-refractivity contribution in [3.63, 3.8) is 0 Å². The van der Waals surface area contributed by atoms with Gasteiger partial charge in [0.05, 0.1) is 5.69 Å². The van der Waals surface area contributed by atoms with E-state index in [0.717, 1.165) is 5.56 Å². The molecule has 156 valence electrons. The number of nitrogens with one attached hydrogen (secondary N) is 2. The number of benzene rings is 2. The van der Waals surface area contributed by atoms with Gasteiger partial charge >= 0.3 is 6.03 Å². The normalized spacial score (nSPS) is 10.6. The van der Waals surface area contributed by atoms with Crippen LogP contribution in [0.1, 0.15) is 11.3 Å². The summed E-state index contributed by atoms with van der Waals surface area (Å²) in [5.74, 6) is 0.590. The standard InChI is InChI=1S/C23H19ClN4O3/c1-15-4-3-11-28-21(29)13-19(25-22(15)28)14-31-20-9-7-17(8-10-20)26-23(30)27-18-6-2-5-16(24)12-18/h2-13H,14H2,1H3,(H2,26,27,30). The SMILES string of the molecule is Cc1cccn2c(=O)cc(COc3ccc(NC(=O)Nc4cccc(Cl)c4)cc3)nc12. The molecule has 0 fully saturated rings. The number of halogens is 1. The number of nitrogens with zero attached hydrogens (tertiary/aromatic N) is 2. The Morgan fingerprint density at radius 1 is 1.03 bits per heavy atom. The molecule has 0 aliphatic rings. The van der Waals surface area contributed by atoms with Crippen molar-refractivity contribution in [2.75, 3.05) is 10.6 Å². The van der Waals surface area contributed by atoms with Crippen LogP contribution in [0.2, 0.25) is 5.02 Å². The molecule has 4 rings (SSSR count). The highest BCUT2D eigenvalue weighted by molar-refractivity contribution is 6.30. The fraction of sp³-hybridized carbons (Fsp3) is 0.0870. The molecule has 4 aromatic rings. The van der Waals surface area contributed by atoms with Crippen molar-refractivity contribution in [2.45, 2.75) is 13.5 Å². The number of ether oxygens (including phenoxy) is 1. The first-order valence-electron chi connectivity index (χ1n) is 9.52. The number of fused-ring (bicyclic) bond motifs is 1. The van der Waals surface area contributed by atoms with Gasteiger partial charge < -0.3 is 15.4 Å². The summed E-state index contributed by atoms with van der Waals surface area (Å²) in [6, 6.07) is 18.6. The van der Waals surface area contributed by atoms with Gasteiger partial charge in [-0.1, -0.05) is 23.7 Å². The lowest BCUT2D eigenvalue weighted by molar-refractivity contribution is 0.262. The van der Waals surface area contributed by atoms with Crippen molar-refractivity contribution in [1.82, 2.24) is 9.38 Å². The van der Waals surface area contributed by atoms with Gasteiger partial charge in [0.1, 0.15) is 18.0 Å². The van der Waals surface area contributed by atoms with Crippen LogP contribution in [-0.4, -0.2) is 15.4 Å². The molecule has 0 spiro atoms. The second-order valence-corrected chi connectivity index (χ2v) is 7.31. The molecule has 0 saturated carbocycles. The largest absolute Gasteiger partial charge is 0.487 e. The van der Waals surface area contributed by atoms with Gasteiger partial charge in [-0.25, -0.2) is 9.78 Å². The molecule has 0 atom stereocenters. The second-order valence-electron chi connectivity index (χ2n) is 6.87. The summed E-state index contributed by atoms with van der Waals surface area (Å²) in [5.41, 5.74) is 3.11. The quantitative estimate of drug-likeness (QED) is 0.469. The number of hydrogen-bond acceptors (Lipinski definition) is 4. The summed E-state index contributed by atoms with van der Waals surface area (Å²) in [7, 11) is 0. The van der Waals surface area contributed by atoms with Crippen molar-refractivity contribution in [1.29, 1.82) is 0 Å². The summed E-state index contributed by atoms with van der Waals surface area (Å²) in [6.45, 7) is 2.06. The Morgan fingerprint density at radius 2 is 1.81 bits per heavy atom. The van der Waals surface area contributed by atoms with Crippen molar-refractivity contribution < 1.29 is 9.53 Å². The van der Waals surface area contributed by atoms with Gasteiger partial charge in [0.15, 0.2) is 0 Å². The highest BCUT2D eigenvalue weighted by Gasteiger charge is 2.07. The number of carbonyl (C=O) groups excluding carboxylic acids is 1. The highest BCUT2D eigenvalue weighted by atomic mass is 35.5. The average Bonchev–Trinajstić information content (AvgIpc) is 2.74. The summed E-state index contributed by atoms with van der Waals surface area (Å²) in [5, 5.41) is 5.99. The lowest BCUT2D eigenvalue weighted by Gasteiger charge is -2.10. The van der Waals surface area contributed by atoms with E-state index < -0.39 is 0 Å². The van der Waals surface area contributed by atoms with Crippen LogP contribution in [-0.2, 0) is 6.61 Å². The molecular weight excluding hydrogens is 416 g/mol. The van der Waals surface area contributed by atoms with E-state index in [2.05, 4.69) is 15.6 Å². The average molecular weight is 435 g/mol. The Labute approximate surface area is 183 Å². The predicted molar refractivity (Wildman–Crippen MR) is 121 cm³/mol. The maximum absolute atomic E-state index is 12.3. The third-order valence-corrected chi connectivity index (χ3v) is 4.76. The first-order chi connectivity index (χ1) is 15.0. The van der Waals surface area contributed by atoms with Gasteiger partial charge in [0.25, 0.3) is 5.56 Å². The number of hydrogen-bond donors (Lipinski definition) is 2. The van der Waals surface area contributed by atoms with Crippen LogP contribution in [0.25, 0.3) is 5.65 Å². The van der Waals surface area contributed by atoms with Crippen molar-refractivity contribution in [2.24, 2.45) is 0 Å². The lowest BCUT2D eigenvalue weighted by Crippen LogP contribution is -2.19. The predicted octanol–water partition coefficient (Wildman–Crippen LogP) is 4.88. The molecule has 2 N–H and O–H groups in total. The van der Waals surface area contributed by atoms with Crippen LogP contribution in [0.5, 0.6) is 5.75 Å². The number of urea groups is 1. The second kappa shape index (κ2) is 8.89. The van der Waals surface area contributed by atoms with Gasteiger partial charge in [-0.3, -0.25) is 9.20 Å². The molecule has 0 radical (unpaired) electrons. The molecule has 31 heavy (non-hydrogen) atoms. The topological polar surface area (TPSA) is 84.7 Å². The monoisotopic (exact) mass is 434 g/mol. The van der Waals surface area contributed by atoms with E-state index in [9.17, 15) is 9.59 Å². The highest BCUT2D eigenvalue weighted by Crippen LogP contribution is 2.18. The van der Waals surface area contributed by atoms with E-state index in [-0.39, 0.29) is 18.2 Å². The Hall–Kier alpha value is -3.84. The summed E-state index contributed by atoms with van der Waals surface area (Å²) >= 11 is 5.92. The fourth-order valence-electron chi connectivity index (χ4n) is 3.03. The molecule has 0 unspecified atom stereocenters. The molecule has 2 aromatic heterocycles. The van der Waals surface area contributed by atoms with Crippen LogP contribution in [0.15, 0.2) is 77.7 Å². The molecule has 2 amide bonds. The van der Waals surface area contributed by atoms with Gasteiger partial charge in [-0.15, -0.1) is 0 Å². The maximum Gasteiger partial charge on any atom is 0.323 e. The Balaban J connectivity index is 1.38. The van der Waals surface area contributed by atoms with E-state index in [1.807, 2.05) is 19.1 Å². The maximum atomic E-state index is 12.3.